The number of halogens is 1. The van der Waals surface area contributed by atoms with Crippen molar-refractivity contribution in [2.24, 2.45) is 0 Å². The van der Waals surface area contributed by atoms with Crippen LogP contribution in [0, 0.1) is 0 Å². The molecule has 0 saturated carbocycles. The molecule has 36 heavy (non-hydrogen) atoms. The van der Waals surface area contributed by atoms with E-state index in [1.807, 2.05) is 84.9 Å². The van der Waals surface area contributed by atoms with E-state index in [9.17, 15) is 14.4 Å². The SMILES string of the molecule is O=C(N[C@H](c1ccccc1)c1ccccc1Br)[C@H](Cc1ccccc1)N1C(=O)c2ccccc2C1=O. The minimum atomic E-state index is -1.02. The van der Waals surface area contributed by atoms with E-state index in [0.29, 0.717) is 11.1 Å². The van der Waals surface area contributed by atoms with Crippen LogP contribution in [0.25, 0.3) is 0 Å². The Morgan fingerprint density at radius 3 is 1.86 bits per heavy atom. The zero-order valence-electron chi connectivity index (χ0n) is 19.3. The average Bonchev–Trinajstić information content (AvgIpc) is 3.17. The van der Waals surface area contributed by atoms with Crippen molar-refractivity contribution in [3.63, 3.8) is 0 Å². The first-order valence-electron chi connectivity index (χ1n) is 11.6. The van der Waals surface area contributed by atoms with Crippen molar-refractivity contribution in [1.29, 1.82) is 0 Å². The van der Waals surface area contributed by atoms with Crippen LogP contribution in [-0.4, -0.2) is 28.7 Å². The van der Waals surface area contributed by atoms with Crippen LogP contribution in [-0.2, 0) is 11.2 Å². The van der Waals surface area contributed by atoms with Crippen molar-refractivity contribution in [3.05, 3.63) is 141 Å². The highest BCUT2D eigenvalue weighted by Gasteiger charge is 2.43. The van der Waals surface area contributed by atoms with Crippen molar-refractivity contribution < 1.29 is 14.4 Å². The minimum absolute atomic E-state index is 0.204. The van der Waals surface area contributed by atoms with Gasteiger partial charge >= 0.3 is 0 Å². The number of hydrogen-bond acceptors (Lipinski definition) is 3. The molecule has 1 heterocycles. The van der Waals surface area contributed by atoms with E-state index in [-0.39, 0.29) is 6.42 Å². The summed E-state index contributed by atoms with van der Waals surface area (Å²) in [7, 11) is 0. The van der Waals surface area contributed by atoms with Gasteiger partial charge in [-0.1, -0.05) is 107 Å². The number of nitrogens with zero attached hydrogens (tertiary/aromatic N) is 1. The van der Waals surface area contributed by atoms with E-state index in [1.54, 1.807) is 24.3 Å². The zero-order valence-corrected chi connectivity index (χ0v) is 20.9. The molecule has 0 aliphatic carbocycles. The van der Waals surface area contributed by atoms with E-state index >= 15 is 0 Å². The Labute approximate surface area is 217 Å². The number of fused-ring (bicyclic) bond motifs is 1. The molecule has 0 fully saturated rings. The number of imide groups is 1. The number of carbonyl (C=O) groups is 3. The lowest BCUT2D eigenvalue weighted by Gasteiger charge is -2.29. The van der Waals surface area contributed by atoms with E-state index in [2.05, 4.69) is 21.2 Å². The van der Waals surface area contributed by atoms with Gasteiger partial charge in [0, 0.05) is 10.9 Å². The number of rotatable bonds is 7. The summed E-state index contributed by atoms with van der Waals surface area (Å²) in [5.41, 5.74) is 3.25. The molecule has 1 N–H and O–H groups in total. The van der Waals surface area contributed by atoms with E-state index in [4.69, 9.17) is 0 Å². The number of carbonyl (C=O) groups excluding carboxylic acids is 3. The number of nitrogens with one attached hydrogen (secondary N) is 1. The molecule has 178 valence electrons. The Morgan fingerprint density at radius 1 is 0.722 bits per heavy atom. The Kier molecular flexibility index (Phi) is 6.78. The van der Waals surface area contributed by atoms with Crippen molar-refractivity contribution in [1.82, 2.24) is 10.2 Å². The number of benzene rings is 4. The molecule has 2 atom stereocenters. The molecule has 0 aromatic heterocycles. The second-order valence-corrected chi connectivity index (χ2v) is 9.46. The van der Waals surface area contributed by atoms with Crippen LogP contribution < -0.4 is 5.32 Å². The lowest BCUT2D eigenvalue weighted by atomic mass is 9.97. The van der Waals surface area contributed by atoms with Crippen LogP contribution >= 0.6 is 15.9 Å². The highest BCUT2D eigenvalue weighted by Crippen LogP contribution is 2.30. The Hall–Kier alpha value is -4.03. The molecule has 4 aromatic rings. The monoisotopic (exact) mass is 538 g/mol. The third kappa shape index (κ3) is 4.60. The fourth-order valence-electron chi connectivity index (χ4n) is 4.56. The van der Waals surface area contributed by atoms with Gasteiger partial charge in [-0.05, 0) is 34.9 Å². The normalized spacial score (nSPS) is 14.3. The topological polar surface area (TPSA) is 66.5 Å². The Balaban J connectivity index is 1.53. The summed E-state index contributed by atoms with van der Waals surface area (Å²) in [6, 6.07) is 31.9. The first-order valence-corrected chi connectivity index (χ1v) is 12.4. The first-order chi connectivity index (χ1) is 17.5. The van der Waals surface area contributed by atoms with Gasteiger partial charge in [0.15, 0.2) is 0 Å². The fourth-order valence-corrected chi connectivity index (χ4v) is 5.08. The maximum Gasteiger partial charge on any atom is 0.262 e. The van der Waals surface area contributed by atoms with Gasteiger partial charge in [0.05, 0.1) is 17.2 Å². The third-order valence-electron chi connectivity index (χ3n) is 6.35. The number of amides is 3. The van der Waals surface area contributed by atoms with Gasteiger partial charge in [0.25, 0.3) is 11.8 Å². The molecular weight excluding hydrogens is 516 g/mol. The van der Waals surface area contributed by atoms with Gasteiger partial charge in [-0.2, -0.15) is 0 Å². The zero-order chi connectivity index (χ0) is 25.1. The van der Waals surface area contributed by atoms with Crippen molar-refractivity contribution in [3.8, 4) is 0 Å². The lowest BCUT2D eigenvalue weighted by Crippen LogP contribution is -2.51. The first kappa shape index (κ1) is 23.7. The maximum absolute atomic E-state index is 14.0. The second kappa shape index (κ2) is 10.3. The van der Waals surface area contributed by atoms with Crippen LogP contribution in [0.2, 0.25) is 0 Å². The molecule has 5 nitrogen and oxygen atoms in total. The molecule has 0 spiro atoms. The highest BCUT2D eigenvalue weighted by molar-refractivity contribution is 9.10. The predicted octanol–water partition coefficient (Wildman–Crippen LogP) is 5.56. The molecule has 1 aliphatic rings. The van der Waals surface area contributed by atoms with Crippen molar-refractivity contribution in [2.75, 3.05) is 0 Å². The quantitative estimate of drug-likeness (QED) is 0.313. The van der Waals surface area contributed by atoms with Gasteiger partial charge in [-0.3, -0.25) is 19.3 Å². The Morgan fingerprint density at radius 2 is 1.25 bits per heavy atom. The summed E-state index contributed by atoms with van der Waals surface area (Å²) in [6.45, 7) is 0. The standard InChI is InChI=1S/C30H23BrN2O3/c31-25-18-10-9-17-24(25)27(21-13-5-2-6-14-21)32-28(34)26(19-20-11-3-1-4-12-20)33-29(35)22-15-7-8-16-23(22)30(33)36/h1-18,26-27H,19H2,(H,32,34)/t26-,27+/m0/s1. The third-order valence-corrected chi connectivity index (χ3v) is 7.07. The summed E-state index contributed by atoms with van der Waals surface area (Å²) in [5, 5.41) is 3.14. The lowest BCUT2D eigenvalue weighted by molar-refractivity contribution is -0.125. The molecule has 0 saturated heterocycles. The van der Waals surface area contributed by atoms with Crippen molar-refractivity contribution >= 4 is 33.7 Å². The molecule has 6 heteroatoms. The summed E-state index contributed by atoms with van der Waals surface area (Å²) in [6.07, 6.45) is 0.204. The molecule has 0 radical (unpaired) electrons. The fraction of sp³-hybridized carbons (Fsp3) is 0.100. The van der Waals surface area contributed by atoms with Gasteiger partial charge in [0.1, 0.15) is 6.04 Å². The van der Waals surface area contributed by atoms with Gasteiger partial charge in [0.2, 0.25) is 5.91 Å². The van der Waals surface area contributed by atoms with Gasteiger partial charge in [-0.25, -0.2) is 0 Å². The van der Waals surface area contributed by atoms with E-state index in [0.717, 1.165) is 26.1 Å². The molecular formula is C30H23BrN2O3. The molecule has 4 aromatic carbocycles. The van der Waals surface area contributed by atoms with Crippen LogP contribution in [0.3, 0.4) is 0 Å². The molecule has 0 unspecified atom stereocenters. The van der Waals surface area contributed by atoms with Gasteiger partial charge < -0.3 is 5.32 Å². The van der Waals surface area contributed by atoms with Crippen LogP contribution in [0.4, 0.5) is 0 Å². The van der Waals surface area contributed by atoms with E-state index < -0.39 is 29.8 Å². The Bertz CT molecular complexity index is 1390. The number of hydrogen-bond donors (Lipinski definition) is 1. The minimum Gasteiger partial charge on any atom is -0.343 e. The van der Waals surface area contributed by atoms with Gasteiger partial charge in [-0.15, -0.1) is 0 Å². The summed E-state index contributed by atoms with van der Waals surface area (Å²) < 4.78 is 0.847. The molecule has 1 aliphatic heterocycles. The molecule has 3 amide bonds. The van der Waals surface area contributed by atoms with Crippen molar-refractivity contribution in [2.45, 2.75) is 18.5 Å². The second-order valence-electron chi connectivity index (χ2n) is 8.61. The van der Waals surface area contributed by atoms with E-state index in [1.165, 1.54) is 0 Å². The average molecular weight is 539 g/mol. The summed E-state index contributed by atoms with van der Waals surface area (Å²) in [5.74, 6) is -1.31. The highest BCUT2D eigenvalue weighted by atomic mass is 79.9. The summed E-state index contributed by atoms with van der Waals surface area (Å²) >= 11 is 3.61. The smallest absolute Gasteiger partial charge is 0.262 e. The largest absolute Gasteiger partial charge is 0.343 e. The van der Waals surface area contributed by atoms with Crippen LogP contribution in [0.15, 0.2) is 114 Å². The molecule has 5 rings (SSSR count). The maximum atomic E-state index is 14.0. The summed E-state index contributed by atoms with van der Waals surface area (Å²) in [4.78, 5) is 41.8. The molecule has 0 bridgehead atoms. The van der Waals surface area contributed by atoms with Crippen LogP contribution in [0.1, 0.15) is 43.4 Å². The van der Waals surface area contributed by atoms with Crippen LogP contribution in [0.5, 0.6) is 0 Å². The predicted molar refractivity (Wildman–Crippen MR) is 141 cm³/mol.